The molecule has 0 radical (unpaired) electrons. The number of alkyl halides is 3. The van der Waals surface area contributed by atoms with E-state index in [2.05, 4.69) is 11.3 Å². The van der Waals surface area contributed by atoms with E-state index < -0.39 is 24.3 Å². The van der Waals surface area contributed by atoms with Crippen molar-refractivity contribution in [2.24, 2.45) is 0 Å². The largest absolute Gasteiger partial charge is 0.479 e. The Labute approximate surface area is 95.2 Å². The molecular weight excluding hydrogens is 243 g/mol. The highest BCUT2D eigenvalue weighted by Crippen LogP contribution is 2.20. The van der Waals surface area contributed by atoms with Crippen LogP contribution in [0.25, 0.3) is 0 Å². The average molecular weight is 255 g/mol. The summed E-state index contributed by atoms with van der Waals surface area (Å²) >= 11 is 0. The second kappa shape index (κ2) is 6.77. The van der Waals surface area contributed by atoms with E-state index in [4.69, 9.17) is 5.11 Å². The van der Waals surface area contributed by atoms with Crippen LogP contribution < -0.4 is 5.32 Å². The van der Waals surface area contributed by atoms with Gasteiger partial charge < -0.3 is 9.84 Å². The van der Waals surface area contributed by atoms with Gasteiger partial charge in [0.05, 0.1) is 6.61 Å². The van der Waals surface area contributed by atoms with Crippen molar-refractivity contribution in [1.29, 1.82) is 0 Å². The predicted octanol–water partition coefficient (Wildman–Crippen LogP) is 1.69. The molecule has 0 bridgehead atoms. The molecule has 0 saturated heterocycles. The number of nitrogens with one attached hydrogen (secondary N) is 1. The van der Waals surface area contributed by atoms with Crippen LogP contribution >= 0.6 is 0 Å². The highest BCUT2D eigenvalue weighted by atomic mass is 19.4. The Bertz CT molecular complexity index is 290. The number of carbonyl (C=O) groups excluding carboxylic acids is 1. The van der Waals surface area contributed by atoms with E-state index in [0.29, 0.717) is 12.8 Å². The van der Waals surface area contributed by atoms with Gasteiger partial charge in [-0.1, -0.05) is 6.08 Å². The number of rotatable bonds is 6. The summed E-state index contributed by atoms with van der Waals surface area (Å²) in [4.78, 5) is 21.1. The van der Waals surface area contributed by atoms with Crippen LogP contribution in [0.15, 0.2) is 12.7 Å². The molecule has 1 atom stereocenters. The Morgan fingerprint density at radius 2 is 2.06 bits per heavy atom. The first-order valence-electron chi connectivity index (χ1n) is 4.62. The summed E-state index contributed by atoms with van der Waals surface area (Å²) in [6.45, 7) is 3.29. The quantitative estimate of drug-likeness (QED) is 0.559. The number of amides is 1. The van der Waals surface area contributed by atoms with Crippen LogP contribution in [0.2, 0.25) is 0 Å². The number of carbonyl (C=O) groups is 2. The van der Waals surface area contributed by atoms with Crippen molar-refractivity contribution in [3.63, 3.8) is 0 Å². The molecule has 0 saturated carbocycles. The van der Waals surface area contributed by atoms with E-state index in [1.807, 2.05) is 0 Å². The number of ether oxygens (including phenoxy) is 1. The molecule has 0 rings (SSSR count). The molecular formula is C9H12F3NO4. The van der Waals surface area contributed by atoms with Gasteiger partial charge in [0.15, 0.2) is 0 Å². The van der Waals surface area contributed by atoms with E-state index >= 15 is 0 Å². The highest BCUT2D eigenvalue weighted by molar-refractivity contribution is 5.80. The lowest BCUT2D eigenvalue weighted by molar-refractivity contribution is -0.178. The summed E-state index contributed by atoms with van der Waals surface area (Å²) < 4.78 is 40.7. The number of hydrogen-bond donors (Lipinski definition) is 2. The van der Waals surface area contributed by atoms with Crippen molar-refractivity contribution >= 4 is 12.1 Å². The molecule has 0 aliphatic heterocycles. The Hall–Kier alpha value is -1.73. The van der Waals surface area contributed by atoms with Gasteiger partial charge >= 0.3 is 18.2 Å². The standard InChI is InChI=1S/C9H12F3NO4/c1-2-3-4-5-17-8(16)13-6(7(14)15)9(10,11)12/h2,6H,1,3-5H2,(H,13,16)(H,14,15)/t6-/m1/s1. The van der Waals surface area contributed by atoms with Crippen molar-refractivity contribution in [1.82, 2.24) is 5.32 Å². The van der Waals surface area contributed by atoms with E-state index in [1.165, 1.54) is 5.32 Å². The van der Waals surface area contributed by atoms with Gasteiger partial charge in [-0.15, -0.1) is 6.58 Å². The van der Waals surface area contributed by atoms with Crippen molar-refractivity contribution in [2.45, 2.75) is 25.1 Å². The van der Waals surface area contributed by atoms with Crippen LogP contribution in [0.1, 0.15) is 12.8 Å². The van der Waals surface area contributed by atoms with Gasteiger partial charge in [0.25, 0.3) is 0 Å². The molecule has 98 valence electrons. The van der Waals surface area contributed by atoms with Crippen molar-refractivity contribution in [3.05, 3.63) is 12.7 Å². The zero-order chi connectivity index (χ0) is 13.5. The number of alkyl carbamates (subject to hydrolysis) is 1. The molecule has 1 amide bonds. The van der Waals surface area contributed by atoms with Crippen molar-refractivity contribution in [3.8, 4) is 0 Å². The molecule has 2 N–H and O–H groups in total. The first-order chi connectivity index (χ1) is 7.79. The van der Waals surface area contributed by atoms with Gasteiger partial charge in [-0.25, -0.2) is 9.59 Å². The average Bonchev–Trinajstić information content (AvgIpc) is 2.19. The summed E-state index contributed by atoms with van der Waals surface area (Å²) in [7, 11) is 0. The number of allylic oxidation sites excluding steroid dienone is 1. The fourth-order valence-electron chi connectivity index (χ4n) is 0.836. The molecule has 0 spiro atoms. The van der Waals surface area contributed by atoms with Gasteiger partial charge in [0, 0.05) is 0 Å². The lowest BCUT2D eigenvalue weighted by atomic mass is 10.3. The molecule has 0 aromatic carbocycles. The van der Waals surface area contributed by atoms with Gasteiger partial charge in [0.1, 0.15) is 0 Å². The van der Waals surface area contributed by atoms with E-state index in [0.717, 1.165) is 0 Å². The van der Waals surface area contributed by atoms with Crippen LogP contribution in [0.4, 0.5) is 18.0 Å². The fraction of sp³-hybridized carbons (Fsp3) is 0.556. The summed E-state index contributed by atoms with van der Waals surface area (Å²) in [5, 5.41) is 9.49. The summed E-state index contributed by atoms with van der Waals surface area (Å²) in [5.74, 6) is -2.19. The summed E-state index contributed by atoms with van der Waals surface area (Å²) in [6.07, 6.45) is -3.99. The number of carboxylic acids is 1. The minimum absolute atomic E-state index is 0.109. The second-order valence-electron chi connectivity index (χ2n) is 3.02. The zero-order valence-electron chi connectivity index (χ0n) is 8.79. The van der Waals surface area contributed by atoms with Gasteiger partial charge in [-0.2, -0.15) is 13.2 Å². The fourth-order valence-corrected chi connectivity index (χ4v) is 0.836. The third-order valence-electron chi connectivity index (χ3n) is 1.62. The Morgan fingerprint density at radius 3 is 2.47 bits per heavy atom. The molecule has 0 aliphatic rings. The van der Waals surface area contributed by atoms with Crippen LogP contribution in [0.3, 0.4) is 0 Å². The molecule has 0 unspecified atom stereocenters. The van der Waals surface area contributed by atoms with Gasteiger partial charge in [-0.05, 0) is 12.8 Å². The maximum atomic E-state index is 12.1. The first kappa shape index (κ1) is 15.3. The van der Waals surface area contributed by atoms with Crippen LogP contribution in [-0.4, -0.2) is 36.0 Å². The molecule has 0 aromatic heterocycles. The Morgan fingerprint density at radius 1 is 1.47 bits per heavy atom. The van der Waals surface area contributed by atoms with Crippen molar-refractivity contribution < 1.29 is 32.6 Å². The Balaban J connectivity index is 4.15. The van der Waals surface area contributed by atoms with E-state index in [1.54, 1.807) is 6.08 Å². The molecule has 8 heteroatoms. The minimum Gasteiger partial charge on any atom is -0.479 e. The zero-order valence-corrected chi connectivity index (χ0v) is 8.79. The van der Waals surface area contributed by atoms with Crippen LogP contribution in [0, 0.1) is 0 Å². The maximum absolute atomic E-state index is 12.1. The predicted molar refractivity (Wildman–Crippen MR) is 51.4 cm³/mol. The molecule has 0 heterocycles. The maximum Gasteiger partial charge on any atom is 0.419 e. The van der Waals surface area contributed by atoms with Gasteiger partial charge in [0.2, 0.25) is 6.04 Å². The third kappa shape index (κ3) is 6.44. The normalized spacial score (nSPS) is 12.6. The first-order valence-corrected chi connectivity index (χ1v) is 4.62. The minimum atomic E-state index is -5.06. The molecule has 17 heavy (non-hydrogen) atoms. The summed E-state index contributed by atoms with van der Waals surface area (Å²) in [6, 6.07) is -2.96. The number of halogens is 3. The smallest absolute Gasteiger partial charge is 0.419 e. The molecule has 5 nitrogen and oxygen atoms in total. The molecule has 0 aliphatic carbocycles. The number of unbranched alkanes of at least 4 members (excludes halogenated alkanes) is 1. The molecule has 0 fully saturated rings. The van der Waals surface area contributed by atoms with Crippen LogP contribution in [-0.2, 0) is 9.53 Å². The number of carboxylic acid groups (broad SMARTS) is 1. The lowest BCUT2D eigenvalue weighted by Gasteiger charge is -2.17. The highest BCUT2D eigenvalue weighted by Gasteiger charge is 2.46. The topological polar surface area (TPSA) is 75.6 Å². The summed E-state index contributed by atoms with van der Waals surface area (Å²) in [5.41, 5.74) is 0. The lowest BCUT2D eigenvalue weighted by Crippen LogP contribution is -2.50. The van der Waals surface area contributed by atoms with E-state index in [-0.39, 0.29) is 6.61 Å². The second-order valence-corrected chi connectivity index (χ2v) is 3.02. The monoisotopic (exact) mass is 255 g/mol. The Kier molecular flexibility index (Phi) is 6.08. The third-order valence-corrected chi connectivity index (χ3v) is 1.62. The van der Waals surface area contributed by atoms with Gasteiger partial charge in [-0.3, -0.25) is 5.32 Å². The van der Waals surface area contributed by atoms with Crippen LogP contribution in [0.5, 0.6) is 0 Å². The SMILES string of the molecule is C=CCCCOC(=O)N[C@H](C(=O)O)C(F)(F)F. The van der Waals surface area contributed by atoms with Crippen molar-refractivity contribution in [2.75, 3.05) is 6.61 Å². The number of aliphatic carboxylic acids is 1. The molecule has 0 aromatic rings. The number of hydrogen-bond acceptors (Lipinski definition) is 3. The van der Waals surface area contributed by atoms with E-state index in [9.17, 15) is 22.8 Å².